The van der Waals surface area contributed by atoms with Crippen molar-refractivity contribution >= 4 is 33.5 Å². The first kappa shape index (κ1) is 23.8. The summed E-state index contributed by atoms with van der Waals surface area (Å²) in [4.78, 5) is 24.4. The number of esters is 1. The molecule has 1 heterocycles. The van der Waals surface area contributed by atoms with Gasteiger partial charge >= 0.3 is 5.97 Å². The molecule has 3 rings (SSSR count). The van der Waals surface area contributed by atoms with Crippen molar-refractivity contribution in [3.05, 3.63) is 40.4 Å². The molecule has 1 aliphatic heterocycles. The maximum absolute atomic E-state index is 12.9. The Labute approximate surface area is 188 Å². The highest BCUT2D eigenvalue weighted by Crippen LogP contribution is 2.25. The van der Waals surface area contributed by atoms with Gasteiger partial charge in [0.25, 0.3) is 5.91 Å². The lowest BCUT2D eigenvalue weighted by Gasteiger charge is -2.26. The minimum Gasteiger partial charge on any atom is -0.452 e. The van der Waals surface area contributed by atoms with Crippen LogP contribution in [0.5, 0.6) is 0 Å². The highest BCUT2D eigenvalue weighted by molar-refractivity contribution is 7.89. The Balaban J connectivity index is 1.55. The molecule has 170 valence electrons. The number of hydrogen-bond donors (Lipinski definition) is 1. The highest BCUT2D eigenvalue weighted by Gasteiger charge is 2.27. The number of sulfonamides is 1. The SMILES string of the molecule is O=C(COC(=O)c1cc(S(=O)(=O)N2CCCCC2)ccc1Cl)NCCC1=CCCCC1. The molecule has 1 fully saturated rings. The lowest BCUT2D eigenvalue weighted by Crippen LogP contribution is -2.35. The van der Waals surface area contributed by atoms with Crippen LogP contribution in [0.15, 0.2) is 34.7 Å². The smallest absolute Gasteiger partial charge is 0.340 e. The average molecular weight is 469 g/mol. The van der Waals surface area contributed by atoms with Gasteiger partial charge in [0.2, 0.25) is 10.0 Å². The molecule has 0 spiro atoms. The number of ether oxygens (including phenoxy) is 1. The van der Waals surface area contributed by atoms with Crippen LogP contribution in [-0.4, -0.2) is 50.8 Å². The van der Waals surface area contributed by atoms with Gasteiger partial charge in [-0.05, 0) is 63.1 Å². The molecule has 0 atom stereocenters. The van der Waals surface area contributed by atoms with Crippen molar-refractivity contribution < 1.29 is 22.7 Å². The van der Waals surface area contributed by atoms with Gasteiger partial charge < -0.3 is 10.1 Å². The molecular weight excluding hydrogens is 440 g/mol. The van der Waals surface area contributed by atoms with E-state index in [9.17, 15) is 18.0 Å². The molecule has 0 unspecified atom stereocenters. The molecule has 31 heavy (non-hydrogen) atoms. The van der Waals surface area contributed by atoms with Crippen molar-refractivity contribution in [2.45, 2.75) is 56.3 Å². The molecule has 1 saturated heterocycles. The lowest BCUT2D eigenvalue weighted by atomic mass is 9.97. The number of nitrogens with one attached hydrogen (secondary N) is 1. The van der Waals surface area contributed by atoms with Crippen LogP contribution in [-0.2, 0) is 19.6 Å². The predicted octanol–water partition coefficient (Wildman–Crippen LogP) is 3.68. The van der Waals surface area contributed by atoms with Crippen LogP contribution < -0.4 is 5.32 Å². The number of amides is 1. The number of nitrogens with zero attached hydrogens (tertiary/aromatic N) is 1. The predicted molar refractivity (Wildman–Crippen MR) is 119 cm³/mol. The largest absolute Gasteiger partial charge is 0.452 e. The fourth-order valence-electron chi connectivity index (χ4n) is 3.83. The average Bonchev–Trinajstić information content (AvgIpc) is 2.79. The normalized spacial score (nSPS) is 17.6. The fourth-order valence-corrected chi connectivity index (χ4v) is 5.57. The van der Waals surface area contributed by atoms with Crippen molar-refractivity contribution in [1.29, 1.82) is 0 Å². The van der Waals surface area contributed by atoms with Crippen LogP contribution in [0.25, 0.3) is 0 Å². The molecule has 7 nitrogen and oxygen atoms in total. The minimum atomic E-state index is -3.71. The van der Waals surface area contributed by atoms with Gasteiger partial charge in [-0.2, -0.15) is 4.31 Å². The topological polar surface area (TPSA) is 92.8 Å². The summed E-state index contributed by atoms with van der Waals surface area (Å²) in [6, 6.07) is 3.98. The van der Waals surface area contributed by atoms with E-state index in [0.717, 1.165) is 38.5 Å². The van der Waals surface area contributed by atoms with Crippen molar-refractivity contribution in [2.75, 3.05) is 26.2 Å². The van der Waals surface area contributed by atoms with E-state index in [1.54, 1.807) is 0 Å². The number of carbonyl (C=O) groups excluding carboxylic acids is 2. The van der Waals surface area contributed by atoms with Gasteiger partial charge in [0.15, 0.2) is 6.61 Å². The van der Waals surface area contributed by atoms with Crippen LogP contribution in [0, 0.1) is 0 Å². The minimum absolute atomic E-state index is 0.00374. The summed E-state index contributed by atoms with van der Waals surface area (Å²) in [5.74, 6) is -1.23. The zero-order valence-electron chi connectivity index (χ0n) is 17.6. The lowest BCUT2D eigenvalue weighted by molar-refractivity contribution is -0.124. The van der Waals surface area contributed by atoms with E-state index in [1.807, 2.05) is 0 Å². The third-order valence-electron chi connectivity index (χ3n) is 5.60. The van der Waals surface area contributed by atoms with Crippen molar-refractivity contribution in [2.24, 2.45) is 0 Å². The van der Waals surface area contributed by atoms with Crippen molar-refractivity contribution in [3.63, 3.8) is 0 Å². The second-order valence-electron chi connectivity index (χ2n) is 7.89. The van der Waals surface area contributed by atoms with Gasteiger partial charge in [0, 0.05) is 19.6 Å². The Morgan fingerprint density at radius 3 is 2.58 bits per heavy atom. The van der Waals surface area contributed by atoms with E-state index in [-0.39, 0.29) is 15.5 Å². The molecular formula is C22H29ClN2O5S. The van der Waals surface area contributed by atoms with Crippen molar-refractivity contribution in [3.8, 4) is 0 Å². The summed E-state index contributed by atoms with van der Waals surface area (Å²) in [6.07, 6.45) is 10.2. The van der Waals surface area contributed by atoms with Gasteiger partial charge in [-0.15, -0.1) is 0 Å². The quantitative estimate of drug-likeness (QED) is 0.464. The van der Waals surface area contributed by atoms with Gasteiger partial charge in [-0.1, -0.05) is 29.7 Å². The summed E-state index contributed by atoms with van der Waals surface area (Å²) in [6.45, 7) is 0.966. The summed E-state index contributed by atoms with van der Waals surface area (Å²) < 4.78 is 32.2. The summed E-state index contributed by atoms with van der Waals surface area (Å²) >= 11 is 6.10. The van der Waals surface area contributed by atoms with E-state index in [2.05, 4.69) is 11.4 Å². The zero-order chi connectivity index (χ0) is 22.3. The molecule has 1 amide bonds. The molecule has 0 aromatic heterocycles. The number of piperidine rings is 1. The van der Waals surface area contributed by atoms with E-state index in [0.29, 0.717) is 19.6 Å². The number of rotatable bonds is 8. The third kappa shape index (κ3) is 6.54. The molecule has 0 radical (unpaired) electrons. The van der Waals surface area contributed by atoms with Crippen LogP contribution in [0.2, 0.25) is 5.02 Å². The van der Waals surface area contributed by atoms with E-state index in [4.69, 9.17) is 16.3 Å². The summed E-state index contributed by atoms with van der Waals surface area (Å²) in [5.41, 5.74) is 1.28. The molecule has 1 aliphatic carbocycles. The molecule has 1 aromatic carbocycles. The highest BCUT2D eigenvalue weighted by atomic mass is 35.5. The number of allylic oxidation sites excluding steroid dienone is 1. The molecule has 1 aromatic rings. The first-order chi connectivity index (χ1) is 14.9. The number of hydrogen-bond acceptors (Lipinski definition) is 5. The summed E-state index contributed by atoms with van der Waals surface area (Å²) in [5, 5.41) is 2.81. The molecule has 0 saturated carbocycles. The van der Waals surface area contributed by atoms with Gasteiger partial charge in [-0.25, -0.2) is 13.2 Å². The van der Waals surface area contributed by atoms with E-state index < -0.39 is 28.5 Å². The maximum Gasteiger partial charge on any atom is 0.340 e. The van der Waals surface area contributed by atoms with E-state index >= 15 is 0 Å². The van der Waals surface area contributed by atoms with Crippen molar-refractivity contribution in [1.82, 2.24) is 9.62 Å². The maximum atomic E-state index is 12.9. The standard InChI is InChI=1S/C22H29ClN2O5S/c23-20-10-9-18(31(28,29)25-13-5-2-6-14-25)15-19(20)22(27)30-16-21(26)24-12-11-17-7-3-1-4-8-17/h7,9-10,15H,1-6,8,11-14,16H2,(H,24,26). The Morgan fingerprint density at radius 2 is 1.87 bits per heavy atom. The second kappa shape index (κ2) is 11.1. The monoisotopic (exact) mass is 468 g/mol. The Morgan fingerprint density at radius 1 is 1.10 bits per heavy atom. The number of benzene rings is 1. The van der Waals surface area contributed by atoms with Gasteiger partial charge in [0.05, 0.1) is 15.5 Å². The van der Waals surface area contributed by atoms with Crippen LogP contribution in [0.3, 0.4) is 0 Å². The molecule has 0 bridgehead atoms. The Kier molecular flexibility index (Phi) is 8.51. The Hall–Kier alpha value is -1.90. The zero-order valence-corrected chi connectivity index (χ0v) is 19.1. The van der Waals surface area contributed by atoms with Crippen LogP contribution >= 0.6 is 11.6 Å². The van der Waals surface area contributed by atoms with Crippen LogP contribution in [0.4, 0.5) is 0 Å². The van der Waals surface area contributed by atoms with Crippen LogP contribution in [0.1, 0.15) is 61.7 Å². The first-order valence-corrected chi connectivity index (χ1v) is 12.6. The first-order valence-electron chi connectivity index (χ1n) is 10.8. The van der Waals surface area contributed by atoms with Gasteiger partial charge in [-0.3, -0.25) is 4.79 Å². The summed E-state index contributed by atoms with van der Waals surface area (Å²) in [7, 11) is -3.71. The third-order valence-corrected chi connectivity index (χ3v) is 7.82. The Bertz CT molecular complexity index is 939. The van der Waals surface area contributed by atoms with Gasteiger partial charge in [0.1, 0.15) is 0 Å². The molecule has 9 heteroatoms. The number of carbonyl (C=O) groups is 2. The van der Waals surface area contributed by atoms with E-state index in [1.165, 1.54) is 40.9 Å². The molecule has 1 N–H and O–H groups in total. The second-order valence-corrected chi connectivity index (χ2v) is 10.2. The molecule has 2 aliphatic rings. The number of halogens is 1. The fraction of sp³-hybridized carbons (Fsp3) is 0.545.